The summed E-state index contributed by atoms with van der Waals surface area (Å²) in [7, 11) is 0. The topological polar surface area (TPSA) is 72.8 Å². The fraction of sp³-hybridized carbons (Fsp3) is 0.840. The van der Waals surface area contributed by atoms with Crippen LogP contribution >= 0.6 is 0 Å². The number of hydrogen-bond donors (Lipinski definition) is 1. The number of ether oxygens (including phenoxy) is 2. The second-order valence-corrected chi connectivity index (χ2v) is 24.3. The van der Waals surface area contributed by atoms with Crippen molar-refractivity contribution in [2.24, 2.45) is 0 Å². The second-order valence-electron chi connectivity index (χ2n) is 24.3. The number of unbranched alkanes of at least 4 members (excludes halogenated alkanes) is 49. The number of aliphatic hydroxyl groups is 1. The molecule has 0 aliphatic rings. The first-order valence-electron chi connectivity index (χ1n) is 35.8. The quantitative estimate of drug-likeness (QED) is 0.0373. The van der Waals surface area contributed by atoms with Crippen molar-refractivity contribution in [2.45, 2.75) is 392 Å². The molecule has 0 amide bonds. The zero-order valence-corrected chi connectivity index (χ0v) is 53.9. The molecule has 1 atom stereocenters. The Balaban J connectivity index is 3.39. The van der Waals surface area contributed by atoms with Gasteiger partial charge in [0, 0.05) is 12.8 Å². The van der Waals surface area contributed by atoms with Crippen molar-refractivity contribution in [1.82, 2.24) is 0 Å². The van der Waals surface area contributed by atoms with E-state index in [2.05, 4.69) is 74.6 Å². The summed E-state index contributed by atoms with van der Waals surface area (Å²) in [6.45, 7) is 4.09. The summed E-state index contributed by atoms with van der Waals surface area (Å²) in [5.74, 6) is -0.567. The summed E-state index contributed by atoms with van der Waals surface area (Å²) in [4.78, 5) is 24.7. The van der Waals surface area contributed by atoms with E-state index >= 15 is 0 Å². The van der Waals surface area contributed by atoms with Crippen molar-refractivity contribution in [3.8, 4) is 0 Å². The first-order valence-corrected chi connectivity index (χ1v) is 35.8. The van der Waals surface area contributed by atoms with Gasteiger partial charge in [0.05, 0.1) is 6.61 Å². The lowest BCUT2D eigenvalue weighted by Crippen LogP contribution is -2.28. The van der Waals surface area contributed by atoms with Gasteiger partial charge in [-0.15, -0.1) is 0 Å². The van der Waals surface area contributed by atoms with E-state index in [1.165, 1.54) is 295 Å². The molecule has 0 aliphatic heterocycles. The van der Waals surface area contributed by atoms with Gasteiger partial charge in [-0.05, 0) is 57.8 Å². The Hall–Kier alpha value is -2.40. The highest BCUT2D eigenvalue weighted by molar-refractivity contribution is 5.70. The smallest absolute Gasteiger partial charge is 0.306 e. The van der Waals surface area contributed by atoms with Gasteiger partial charge in [0.1, 0.15) is 6.61 Å². The van der Waals surface area contributed by atoms with Crippen LogP contribution in [0.3, 0.4) is 0 Å². The Bertz CT molecular complexity index is 1360. The lowest BCUT2D eigenvalue weighted by atomic mass is 10.0. The first kappa shape index (κ1) is 77.6. The molecule has 1 N–H and O–H groups in total. The van der Waals surface area contributed by atoms with E-state index in [9.17, 15) is 14.7 Å². The van der Waals surface area contributed by atoms with Crippen LogP contribution in [0, 0.1) is 0 Å². The van der Waals surface area contributed by atoms with E-state index in [1.807, 2.05) is 0 Å². The molecule has 0 heterocycles. The summed E-state index contributed by atoms with van der Waals surface area (Å²) in [5.41, 5.74) is 0. The van der Waals surface area contributed by atoms with Crippen LogP contribution in [0.1, 0.15) is 386 Å². The van der Waals surface area contributed by atoms with Crippen molar-refractivity contribution < 1.29 is 24.2 Å². The minimum Gasteiger partial charge on any atom is -0.462 e. The van der Waals surface area contributed by atoms with Gasteiger partial charge < -0.3 is 14.6 Å². The monoisotopic (exact) mass is 1120 g/mol. The Morgan fingerprint density at radius 2 is 0.537 bits per heavy atom. The van der Waals surface area contributed by atoms with Crippen LogP contribution in [0.15, 0.2) is 60.8 Å². The zero-order chi connectivity index (χ0) is 57.6. The number of carbonyl (C=O) groups excluding carboxylic acids is 2. The highest BCUT2D eigenvalue weighted by Crippen LogP contribution is 2.19. The molecule has 0 radical (unpaired) electrons. The third kappa shape index (κ3) is 68.1. The van der Waals surface area contributed by atoms with Gasteiger partial charge in [-0.3, -0.25) is 9.59 Å². The van der Waals surface area contributed by atoms with Gasteiger partial charge in [0.25, 0.3) is 0 Å². The molecule has 0 aromatic rings. The molecule has 0 aliphatic carbocycles. The van der Waals surface area contributed by atoms with Crippen molar-refractivity contribution in [2.75, 3.05) is 13.2 Å². The minimum absolute atomic E-state index is 0.0602. The SMILES string of the molecule is CC/C=C\C/C=C\C/C=C\C/C=C\C/C=C\CCCCCCCCCCCCCCCCCCCCCC(=O)OC(CO)COC(=O)CCCCCCCCCCCCCCCCCCCCCCCCCCCCCCCCC. The van der Waals surface area contributed by atoms with Crippen molar-refractivity contribution >= 4 is 11.9 Å². The minimum atomic E-state index is -0.771. The lowest BCUT2D eigenvalue weighted by molar-refractivity contribution is -0.161. The van der Waals surface area contributed by atoms with E-state index in [0.717, 1.165) is 64.2 Å². The van der Waals surface area contributed by atoms with Gasteiger partial charge in [0.2, 0.25) is 0 Å². The molecule has 0 saturated heterocycles. The lowest BCUT2D eigenvalue weighted by Gasteiger charge is -2.15. The molecule has 468 valence electrons. The molecule has 80 heavy (non-hydrogen) atoms. The van der Waals surface area contributed by atoms with Crippen LogP contribution in [0.4, 0.5) is 0 Å². The van der Waals surface area contributed by atoms with Gasteiger partial charge in [-0.2, -0.15) is 0 Å². The van der Waals surface area contributed by atoms with Gasteiger partial charge in [0.15, 0.2) is 6.10 Å². The fourth-order valence-electron chi connectivity index (χ4n) is 11.0. The number of carbonyl (C=O) groups is 2. The van der Waals surface area contributed by atoms with Crippen molar-refractivity contribution in [3.63, 3.8) is 0 Å². The normalized spacial score (nSPS) is 12.5. The molecule has 0 saturated carbocycles. The maximum Gasteiger partial charge on any atom is 0.306 e. The van der Waals surface area contributed by atoms with Crippen LogP contribution < -0.4 is 0 Å². The molecule has 0 aromatic carbocycles. The van der Waals surface area contributed by atoms with E-state index in [-0.39, 0.29) is 25.2 Å². The molecule has 0 spiro atoms. The Kier molecular flexibility index (Phi) is 68.7. The number of hydrogen-bond acceptors (Lipinski definition) is 5. The van der Waals surface area contributed by atoms with E-state index in [1.54, 1.807) is 0 Å². The predicted octanol–water partition coefficient (Wildman–Crippen LogP) is 24.9. The molecule has 1 unspecified atom stereocenters. The van der Waals surface area contributed by atoms with E-state index in [4.69, 9.17) is 9.47 Å². The summed E-state index contributed by atoms with van der Waals surface area (Å²) in [6, 6.07) is 0. The standard InChI is InChI=1S/C75H138O5/c1-3-5-7-9-11-13-15-17-19-21-23-25-27-29-31-33-35-36-37-38-40-42-44-46-48-50-52-54-56-58-60-62-64-66-68-70-75(78)80-73(71-76)72-79-74(77)69-67-65-63-61-59-57-55-53-51-49-47-45-43-41-39-34-32-30-28-26-24-22-20-18-16-14-12-10-8-6-4-2/h5,7,11,13,17,19,23,25,29,31,73,76H,3-4,6,8-10,12,14-16,18,20-22,24,26-28,30,32-72H2,1-2H3/b7-5-,13-11-,19-17-,25-23-,31-29-. The maximum absolute atomic E-state index is 12.4. The van der Waals surface area contributed by atoms with E-state index in [0.29, 0.717) is 12.8 Å². The van der Waals surface area contributed by atoms with Gasteiger partial charge in [-0.25, -0.2) is 0 Å². The van der Waals surface area contributed by atoms with E-state index < -0.39 is 6.10 Å². The number of rotatable bonds is 67. The Morgan fingerprint density at radius 3 is 0.812 bits per heavy atom. The van der Waals surface area contributed by atoms with Crippen LogP contribution in [-0.4, -0.2) is 36.4 Å². The van der Waals surface area contributed by atoms with Crippen LogP contribution in [0.25, 0.3) is 0 Å². The highest BCUT2D eigenvalue weighted by atomic mass is 16.6. The van der Waals surface area contributed by atoms with Crippen LogP contribution in [-0.2, 0) is 19.1 Å². The molecule has 0 rings (SSSR count). The highest BCUT2D eigenvalue weighted by Gasteiger charge is 2.16. The molecule has 5 heteroatoms. The Morgan fingerprint density at radius 1 is 0.300 bits per heavy atom. The third-order valence-corrected chi connectivity index (χ3v) is 16.3. The van der Waals surface area contributed by atoms with Crippen molar-refractivity contribution in [3.05, 3.63) is 60.8 Å². The van der Waals surface area contributed by atoms with Gasteiger partial charge in [-0.1, -0.05) is 376 Å². The molecular weight excluding hydrogens is 981 g/mol. The molecule has 0 bridgehead atoms. The average Bonchev–Trinajstić information content (AvgIpc) is 3.46. The molecule has 0 fully saturated rings. The maximum atomic E-state index is 12.4. The Labute approximate surface area is 500 Å². The number of esters is 2. The summed E-state index contributed by atoms with van der Waals surface area (Å²) in [6.07, 6.45) is 97.0. The summed E-state index contributed by atoms with van der Waals surface area (Å²) in [5, 5.41) is 9.71. The average molecular weight is 1120 g/mol. The predicted molar refractivity (Wildman–Crippen MR) is 353 cm³/mol. The number of aliphatic hydroxyl groups excluding tert-OH is 1. The first-order chi connectivity index (χ1) is 39.6. The largest absolute Gasteiger partial charge is 0.462 e. The van der Waals surface area contributed by atoms with Crippen molar-refractivity contribution in [1.29, 1.82) is 0 Å². The van der Waals surface area contributed by atoms with Crippen LogP contribution in [0.2, 0.25) is 0 Å². The number of allylic oxidation sites excluding steroid dienone is 10. The summed E-state index contributed by atoms with van der Waals surface area (Å²) < 4.78 is 10.8. The second kappa shape index (κ2) is 70.9. The molecule has 0 aromatic heterocycles. The fourth-order valence-corrected chi connectivity index (χ4v) is 11.0. The van der Waals surface area contributed by atoms with Gasteiger partial charge >= 0.3 is 11.9 Å². The zero-order valence-electron chi connectivity index (χ0n) is 53.9. The third-order valence-electron chi connectivity index (χ3n) is 16.3. The summed E-state index contributed by atoms with van der Waals surface area (Å²) >= 11 is 0. The molecule has 5 nitrogen and oxygen atoms in total. The molecular formula is C75H138O5. The van der Waals surface area contributed by atoms with Crippen LogP contribution in [0.5, 0.6) is 0 Å².